The van der Waals surface area contributed by atoms with Crippen LogP contribution in [-0.4, -0.2) is 42.9 Å². The van der Waals surface area contributed by atoms with Crippen LogP contribution in [-0.2, 0) is 20.7 Å². The van der Waals surface area contributed by atoms with Crippen molar-refractivity contribution in [3.63, 3.8) is 0 Å². The van der Waals surface area contributed by atoms with E-state index in [2.05, 4.69) is 18.7 Å². The van der Waals surface area contributed by atoms with Crippen LogP contribution >= 0.6 is 11.3 Å². The summed E-state index contributed by atoms with van der Waals surface area (Å²) < 4.78 is 10.9. The lowest BCUT2D eigenvalue weighted by Crippen LogP contribution is -2.48. The summed E-state index contributed by atoms with van der Waals surface area (Å²) in [7, 11) is 0. The van der Waals surface area contributed by atoms with Crippen molar-refractivity contribution in [1.29, 1.82) is 0 Å². The Morgan fingerprint density at radius 3 is 3.10 bits per heavy atom. The zero-order chi connectivity index (χ0) is 15.0. The number of hydrogen-bond acceptors (Lipinski definition) is 6. The first-order chi connectivity index (χ1) is 10.00. The van der Waals surface area contributed by atoms with E-state index in [0.29, 0.717) is 6.61 Å². The highest BCUT2D eigenvalue weighted by Crippen LogP contribution is 2.40. The van der Waals surface area contributed by atoms with Gasteiger partial charge in [0.2, 0.25) is 0 Å². The number of ether oxygens (including phenoxy) is 2. The van der Waals surface area contributed by atoms with Crippen LogP contribution < -0.4 is 4.90 Å². The maximum absolute atomic E-state index is 12.0. The summed E-state index contributed by atoms with van der Waals surface area (Å²) in [5, 5.41) is 1.02. The molecular formula is C15H22N2O3S. The van der Waals surface area contributed by atoms with Gasteiger partial charge in [-0.25, -0.2) is 4.98 Å². The zero-order valence-electron chi connectivity index (χ0n) is 12.8. The molecule has 2 heterocycles. The second-order valence-corrected chi connectivity index (χ2v) is 7.24. The largest absolute Gasteiger partial charge is 0.465 e. The van der Waals surface area contributed by atoms with E-state index in [1.165, 1.54) is 4.88 Å². The molecule has 0 spiro atoms. The molecule has 2 aliphatic rings. The van der Waals surface area contributed by atoms with E-state index in [1.807, 2.05) is 6.92 Å². The monoisotopic (exact) mass is 310 g/mol. The molecule has 1 aromatic rings. The molecule has 1 fully saturated rings. The molecule has 1 aliphatic carbocycles. The van der Waals surface area contributed by atoms with E-state index in [4.69, 9.17) is 14.5 Å². The SMILES string of the molecule is CCOC(=O)C1CCc2sc(N3CCOC(C)(C)C3)nc21. The number of carbonyl (C=O) groups is 1. The molecule has 116 valence electrons. The van der Waals surface area contributed by atoms with Gasteiger partial charge >= 0.3 is 5.97 Å². The molecule has 1 aliphatic heterocycles. The van der Waals surface area contributed by atoms with Crippen molar-refractivity contribution in [3.05, 3.63) is 10.6 Å². The van der Waals surface area contributed by atoms with Crippen molar-refractivity contribution in [3.8, 4) is 0 Å². The van der Waals surface area contributed by atoms with Crippen LogP contribution in [0.1, 0.15) is 43.7 Å². The number of morpholine rings is 1. The molecule has 1 unspecified atom stereocenters. The number of fused-ring (bicyclic) bond motifs is 1. The number of rotatable bonds is 3. The minimum absolute atomic E-state index is 0.129. The fourth-order valence-corrected chi connectivity index (χ4v) is 4.16. The summed E-state index contributed by atoms with van der Waals surface area (Å²) in [6.45, 7) is 8.89. The van der Waals surface area contributed by atoms with Gasteiger partial charge in [-0.05, 0) is 33.6 Å². The van der Waals surface area contributed by atoms with E-state index >= 15 is 0 Å². The van der Waals surface area contributed by atoms with E-state index in [0.717, 1.165) is 43.4 Å². The van der Waals surface area contributed by atoms with Gasteiger partial charge in [-0.2, -0.15) is 0 Å². The first kappa shape index (κ1) is 14.8. The molecule has 0 N–H and O–H groups in total. The maximum Gasteiger partial charge on any atom is 0.315 e. The molecule has 3 rings (SSSR count). The van der Waals surface area contributed by atoms with Crippen LogP contribution in [0.25, 0.3) is 0 Å². The highest BCUT2D eigenvalue weighted by atomic mass is 32.1. The Morgan fingerprint density at radius 2 is 2.38 bits per heavy atom. The third kappa shape index (κ3) is 2.92. The first-order valence-electron chi connectivity index (χ1n) is 7.55. The molecule has 5 nitrogen and oxygen atoms in total. The Kier molecular flexibility index (Phi) is 3.92. The second-order valence-electron chi connectivity index (χ2n) is 6.18. The van der Waals surface area contributed by atoms with Gasteiger partial charge in [0.25, 0.3) is 0 Å². The van der Waals surface area contributed by atoms with Crippen molar-refractivity contribution in [2.24, 2.45) is 0 Å². The number of anilines is 1. The average molecular weight is 310 g/mol. The summed E-state index contributed by atoms with van der Waals surface area (Å²) in [5.74, 6) is -0.297. The summed E-state index contributed by atoms with van der Waals surface area (Å²) in [6, 6.07) is 0. The average Bonchev–Trinajstić information content (AvgIpc) is 2.97. The third-order valence-corrected chi connectivity index (χ3v) is 5.17. The van der Waals surface area contributed by atoms with Crippen LogP contribution in [0.4, 0.5) is 5.13 Å². The van der Waals surface area contributed by atoms with Gasteiger partial charge in [-0.3, -0.25) is 4.79 Å². The Bertz CT molecular complexity index is 541. The maximum atomic E-state index is 12.0. The molecule has 0 aromatic carbocycles. The highest BCUT2D eigenvalue weighted by molar-refractivity contribution is 7.15. The Hall–Kier alpha value is -1.14. The van der Waals surface area contributed by atoms with E-state index in [1.54, 1.807) is 11.3 Å². The summed E-state index contributed by atoms with van der Waals surface area (Å²) >= 11 is 1.72. The minimum Gasteiger partial charge on any atom is -0.465 e. The minimum atomic E-state index is -0.168. The predicted octanol–water partition coefficient (Wildman–Crippen LogP) is 2.35. The highest BCUT2D eigenvalue weighted by Gasteiger charge is 2.36. The molecule has 1 atom stereocenters. The van der Waals surface area contributed by atoms with Crippen molar-refractivity contribution in [2.75, 3.05) is 31.2 Å². The molecule has 1 saturated heterocycles. The van der Waals surface area contributed by atoms with Gasteiger partial charge in [0, 0.05) is 18.0 Å². The number of esters is 1. The molecule has 0 saturated carbocycles. The van der Waals surface area contributed by atoms with Gasteiger partial charge in [-0.15, -0.1) is 11.3 Å². The zero-order valence-corrected chi connectivity index (χ0v) is 13.7. The van der Waals surface area contributed by atoms with E-state index < -0.39 is 0 Å². The van der Waals surface area contributed by atoms with Crippen LogP contribution in [0.5, 0.6) is 0 Å². The predicted molar refractivity (Wildman–Crippen MR) is 82.1 cm³/mol. The fourth-order valence-electron chi connectivity index (χ4n) is 3.00. The summed E-state index contributed by atoms with van der Waals surface area (Å²) in [5.41, 5.74) is 0.798. The van der Waals surface area contributed by atoms with E-state index in [-0.39, 0.29) is 17.5 Å². The summed E-state index contributed by atoms with van der Waals surface area (Å²) in [6.07, 6.45) is 1.77. The molecule has 1 aromatic heterocycles. The van der Waals surface area contributed by atoms with Gasteiger partial charge in [0.1, 0.15) is 5.92 Å². The third-order valence-electron chi connectivity index (χ3n) is 3.97. The topological polar surface area (TPSA) is 51.7 Å². The van der Waals surface area contributed by atoms with Crippen molar-refractivity contribution in [2.45, 2.75) is 45.1 Å². The molecule has 21 heavy (non-hydrogen) atoms. The Morgan fingerprint density at radius 1 is 1.57 bits per heavy atom. The standard InChI is InChI=1S/C15H22N2O3S/c1-4-19-13(18)10-5-6-11-12(10)16-14(21-11)17-7-8-20-15(2,3)9-17/h10H,4-9H2,1-3H3. The van der Waals surface area contributed by atoms with Crippen LogP contribution in [0.3, 0.4) is 0 Å². The number of nitrogens with zero attached hydrogens (tertiary/aromatic N) is 2. The van der Waals surface area contributed by atoms with Crippen molar-refractivity contribution in [1.82, 2.24) is 4.98 Å². The van der Waals surface area contributed by atoms with Gasteiger partial charge in [0.05, 0.1) is 24.5 Å². The van der Waals surface area contributed by atoms with Crippen LogP contribution in [0, 0.1) is 0 Å². The number of thiazole rings is 1. The number of hydrogen-bond donors (Lipinski definition) is 0. The fraction of sp³-hybridized carbons (Fsp3) is 0.733. The van der Waals surface area contributed by atoms with Crippen molar-refractivity contribution < 1.29 is 14.3 Å². The van der Waals surface area contributed by atoms with Crippen LogP contribution in [0.2, 0.25) is 0 Å². The van der Waals surface area contributed by atoms with Crippen molar-refractivity contribution >= 4 is 22.4 Å². The van der Waals surface area contributed by atoms with Gasteiger partial charge < -0.3 is 14.4 Å². The molecule has 0 radical (unpaired) electrons. The smallest absolute Gasteiger partial charge is 0.315 e. The summed E-state index contributed by atoms with van der Waals surface area (Å²) in [4.78, 5) is 20.3. The van der Waals surface area contributed by atoms with Crippen LogP contribution in [0.15, 0.2) is 0 Å². The first-order valence-corrected chi connectivity index (χ1v) is 8.37. The van der Waals surface area contributed by atoms with E-state index in [9.17, 15) is 4.79 Å². The molecule has 0 bridgehead atoms. The molecule has 6 heteroatoms. The number of aryl methyl sites for hydroxylation is 1. The normalized spacial score (nSPS) is 24.0. The second kappa shape index (κ2) is 5.57. The number of carbonyl (C=O) groups excluding carboxylic acids is 1. The quantitative estimate of drug-likeness (QED) is 0.802. The Balaban J connectivity index is 1.79. The lowest BCUT2D eigenvalue weighted by molar-refractivity contribution is -0.145. The number of aromatic nitrogens is 1. The molecular weight excluding hydrogens is 288 g/mol. The van der Waals surface area contributed by atoms with Gasteiger partial charge in [0.15, 0.2) is 5.13 Å². The Labute approximate surface area is 129 Å². The lowest BCUT2D eigenvalue weighted by atomic mass is 10.1. The molecule has 0 amide bonds. The van der Waals surface area contributed by atoms with Gasteiger partial charge in [-0.1, -0.05) is 0 Å². The lowest BCUT2D eigenvalue weighted by Gasteiger charge is -2.38.